The van der Waals surface area contributed by atoms with Gasteiger partial charge in [0.05, 0.1) is 11.6 Å². The fourth-order valence-corrected chi connectivity index (χ4v) is 4.05. The third-order valence-electron chi connectivity index (χ3n) is 5.28. The molecule has 0 amide bonds. The van der Waals surface area contributed by atoms with Crippen molar-refractivity contribution in [1.29, 1.82) is 0 Å². The first-order chi connectivity index (χ1) is 10.2. The van der Waals surface area contributed by atoms with Crippen LogP contribution in [-0.2, 0) is 11.2 Å². The molecule has 2 aliphatic rings. The van der Waals surface area contributed by atoms with E-state index in [2.05, 4.69) is 43.0 Å². The molecule has 3 unspecified atom stereocenters. The largest absolute Gasteiger partial charge is 0.378 e. The van der Waals surface area contributed by atoms with Crippen molar-refractivity contribution in [2.45, 2.75) is 51.2 Å². The van der Waals surface area contributed by atoms with Gasteiger partial charge < -0.3 is 15.4 Å². The fraction of sp³-hybridized carbons (Fsp3) is 0.667. The molecule has 2 heterocycles. The Bertz CT molecular complexity index is 490. The third-order valence-corrected chi connectivity index (χ3v) is 5.28. The molecule has 116 valence electrons. The van der Waals surface area contributed by atoms with Crippen molar-refractivity contribution in [2.75, 3.05) is 24.6 Å². The number of nitrogens with zero attached hydrogens (tertiary/aromatic N) is 1. The summed E-state index contributed by atoms with van der Waals surface area (Å²) in [7, 11) is 0. The predicted molar refractivity (Wildman–Crippen MR) is 87.7 cm³/mol. The summed E-state index contributed by atoms with van der Waals surface area (Å²) >= 11 is 0. The number of nitrogens with two attached hydrogens (primary N) is 1. The summed E-state index contributed by atoms with van der Waals surface area (Å²) < 4.78 is 5.91. The smallest absolute Gasteiger partial charge is 0.0595 e. The van der Waals surface area contributed by atoms with Crippen LogP contribution in [0.2, 0.25) is 0 Å². The Morgan fingerprint density at radius 2 is 2.19 bits per heavy atom. The molecule has 1 aromatic carbocycles. The van der Waals surface area contributed by atoms with Crippen LogP contribution in [0.5, 0.6) is 0 Å². The highest BCUT2D eigenvalue weighted by Gasteiger charge is 2.42. The molecule has 0 saturated carbocycles. The number of benzene rings is 1. The Kier molecular flexibility index (Phi) is 4.23. The lowest BCUT2D eigenvalue weighted by molar-refractivity contribution is -0.0208. The number of hydrogen-bond donors (Lipinski definition) is 1. The van der Waals surface area contributed by atoms with E-state index >= 15 is 0 Å². The van der Waals surface area contributed by atoms with Gasteiger partial charge >= 0.3 is 0 Å². The monoisotopic (exact) mass is 288 g/mol. The lowest BCUT2D eigenvalue weighted by Crippen LogP contribution is -2.61. The molecule has 0 spiro atoms. The van der Waals surface area contributed by atoms with E-state index in [-0.39, 0.29) is 5.54 Å². The van der Waals surface area contributed by atoms with Crippen molar-refractivity contribution in [3.05, 3.63) is 29.8 Å². The molecule has 2 N–H and O–H groups in total. The van der Waals surface area contributed by atoms with Crippen molar-refractivity contribution in [1.82, 2.24) is 0 Å². The van der Waals surface area contributed by atoms with Crippen molar-refractivity contribution in [3.63, 3.8) is 0 Å². The number of hydrogen-bond acceptors (Lipinski definition) is 3. The highest BCUT2D eigenvalue weighted by molar-refractivity contribution is 5.58. The standard InChI is InChI=1S/C18H28N2O/c1-3-16-11-18(13-19,8-9-21-16)20-12-14(2)10-15-6-4-5-7-17(15)20/h4-7,14,16H,3,8-13,19H2,1-2H3. The molecule has 1 aromatic rings. The van der Waals surface area contributed by atoms with Gasteiger partial charge in [-0.25, -0.2) is 0 Å². The van der Waals surface area contributed by atoms with Crippen LogP contribution >= 0.6 is 0 Å². The zero-order valence-electron chi connectivity index (χ0n) is 13.3. The predicted octanol–water partition coefficient (Wildman–Crippen LogP) is 2.97. The molecular weight excluding hydrogens is 260 g/mol. The number of para-hydroxylation sites is 1. The van der Waals surface area contributed by atoms with Crippen LogP contribution in [0.15, 0.2) is 24.3 Å². The van der Waals surface area contributed by atoms with E-state index in [0.717, 1.165) is 32.4 Å². The Balaban J connectivity index is 1.97. The van der Waals surface area contributed by atoms with Gasteiger partial charge in [0, 0.05) is 25.4 Å². The molecule has 2 aliphatic heterocycles. The van der Waals surface area contributed by atoms with E-state index in [4.69, 9.17) is 10.5 Å². The van der Waals surface area contributed by atoms with Gasteiger partial charge in [0.2, 0.25) is 0 Å². The van der Waals surface area contributed by atoms with Crippen molar-refractivity contribution in [3.8, 4) is 0 Å². The molecule has 0 radical (unpaired) electrons. The summed E-state index contributed by atoms with van der Waals surface area (Å²) in [6, 6.07) is 8.86. The van der Waals surface area contributed by atoms with E-state index in [1.165, 1.54) is 17.7 Å². The fourth-order valence-electron chi connectivity index (χ4n) is 4.05. The van der Waals surface area contributed by atoms with Gasteiger partial charge in [-0.3, -0.25) is 0 Å². The number of anilines is 1. The molecular formula is C18H28N2O. The molecule has 0 aliphatic carbocycles. The molecule has 3 rings (SSSR count). The first-order valence-electron chi connectivity index (χ1n) is 8.36. The molecule has 1 saturated heterocycles. The minimum Gasteiger partial charge on any atom is -0.378 e. The number of ether oxygens (including phenoxy) is 1. The maximum Gasteiger partial charge on any atom is 0.0595 e. The molecule has 0 aromatic heterocycles. The van der Waals surface area contributed by atoms with Gasteiger partial charge in [0.1, 0.15) is 0 Å². The zero-order chi connectivity index (χ0) is 14.9. The molecule has 3 nitrogen and oxygen atoms in total. The maximum absolute atomic E-state index is 6.29. The second kappa shape index (κ2) is 5.98. The quantitative estimate of drug-likeness (QED) is 0.929. The molecule has 21 heavy (non-hydrogen) atoms. The zero-order valence-corrected chi connectivity index (χ0v) is 13.3. The van der Waals surface area contributed by atoms with E-state index in [1.54, 1.807) is 0 Å². The van der Waals surface area contributed by atoms with Crippen molar-refractivity contribution in [2.24, 2.45) is 11.7 Å². The highest BCUT2D eigenvalue weighted by atomic mass is 16.5. The van der Waals surface area contributed by atoms with E-state index in [0.29, 0.717) is 18.6 Å². The molecule has 0 bridgehead atoms. The topological polar surface area (TPSA) is 38.5 Å². The Morgan fingerprint density at radius 3 is 2.95 bits per heavy atom. The minimum absolute atomic E-state index is 0.0731. The summed E-state index contributed by atoms with van der Waals surface area (Å²) in [5.41, 5.74) is 9.24. The molecule has 3 atom stereocenters. The van der Waals surface area contributed by atoms with E-state index in [1.807, 2.05) is 0 Å². The first kappa shape index (κ1) is 14.9. The van der Waals surface area contributed by atoms with E-state index < -0.39 is 0 Å². The van der Waals surface area contributed by atoms with Crippen LogP contribution in [0.25, 0.3) is 0 Å². The number of rotatable bonds is 3. The summed E-state index contributed by atoms with van der Waals surface area (Å²) in [5.74, 6) is 0.686. The molecule has 3 heteroatoms. The van der Waals surface area contributed by atoms with Crippen LogP contribution in [0, 0.1) is 5.92 Å². The van der Waals surface area contributed by atoms with Gasteiger partial charge in [-0.1, -0.05) is 32.0 Å². The Morgan fingerprint density at radius 1 is 1.38 bits per heavy atom. The van der Waals surface area contributed by atoms with Crippen LogP contribution in [0.3, 0.4) is 0 Å². The van der Waals surface area contributed by atoms with Gasteiger partial charge in [0.25, 0.3) is 0 Å². The summed E-state index contributed by atoms with van der Waals surface area (Å²) in [6.07, 6.45) is 4.71. The van der Waals surface area contributed by atoms with Gasteiger partial charge in [-0.05, 0) is 43.2 Å². The minimum atomic E-state index is 0.0731. The normalized spacial score (nSPS) is 32.8. The summed E-state index contributed by atoms with van der Waals surface area (Å²) in [4.78, 5) is 2.61. The van der Waals surface area contributed by atoms with Crippen molar-refractivity contribution >= 4 is 5.69 Å². The van der Waals surface area contributed by atoms with Crippen LogP contribution in [-0.4, -0.2) is 31.3 Å². The molecule has 1 fully saturated rings. The third kappa shape index (κ3) is 2.69. The average Bonchev–Trinajstić information content (AvgIpc) is 2.54. The first-order valence-corrected chi connectivity index (χ1v) is 8.36. The van der Waals surface area contributed by atoms with Gasteiger partial charge in [-0.15, -0.1) is 0 Å². The lowest BCUT2D eigenvalue weighted by atomic mass is 9.80. The van der Waals surface area contributed by atoms with Crippen molar-refractivity contribution < 1.29 is 4.74 Å². The second-order valence-electron chi connectivity index (χ2n) is 6.83. The second-order valence-corrected chi connectivity index (χ2v) is 6.83. The summed E-state index contributed by atoms with van der Waals surface area (Å²) in [6.45, 7) is 7.23. The van der Waals surface area contributed by atoms with Gasteiger partial charge in [0.15, 0.2) is 0 Å². The van der Waals surface area contributed by atoms with Crippen LogP contribution < -0.4 is 10.6 Å². The van der Waals surface area contributed by atoms with Crippen LogP contribution in [0.1, 0.15) is 38.7 Å². The Hall–Kier alpha value is -1.06. The lowest BCUT2D eigenvalue weighted by Gasteiger charge is -2.52. The van der Waals surface area contributed by atoms with Gasteiger partial charge in [-0.2, -0.15) is 0 Å². The van der Waals surface area contributed by atoms with E-state index in [9.17, 15) is 0 Å². The van der Waals surface area contributed by atoms with Crippen LogP contribution in [0.4, 0.5) is 5.69 Å². The average molecular weight is 288 g/mol. The SMILES string of the molecule is CCC1CC(CN)(N2CC(C)Cc3ccccc32)CCO1. The summed E-state index contributed by atoms with van der Waals surface area (Å²) in [5, 5.41) is 0. The maximum atomic E-state index is 6.29. The Labute approximate surface area is 128 Å². The number of fused-ring (bicyclic) bond motifs is 1. The highest BCUT2D eigenvalue weighted by Crippen LogP contribution is 2.40.